The molecular weight excluding hydrogens is 238 g/mol. The maximum absolute atomic E-state index is 5.96. The van der Waals surface area contributed by atoms with Crippen LogP contribution >= 0.6 is 11.6 Å². The van der Waals surface area contributed by atoms with Crippen molar-refractivity contribution in [2.45, 2.75) is 26.2 Å². The standard InChI is InChI=1S/C11H14ClN5/c1-11(2,3)10-14-15-16-17(10)9-6-7(12)4-5-8(9)13/h4-6H,13H2,1-3H3. The number of benzene rings is 1. The Bertz CT molecular complexity index is 541. The second kappa shape index (κ2) is 4.00. The van der Waals surface area contributed by atoms with Crippen molar-refractivity contribution >= 4 is 17.3 Å². The quantitative estimate of drug-likeness (QED) is 0.789. The zero-order valence-corrected chi connectivity index (χ0v) is 10.7. The van der Waals surface area contributed by atoms with Crippen molar-refractivity contribution in [2.75, 3.05) is 5.73 Å². The zero-order chi connectivity index (χ0) is 12.6. The van der Waals surface area contributed by atoms with Crippen LogP contribution < -0.4 is 5.73 Å². The van der Waals surface area contributed by atoms with E-state index in [0.717, 1.165) is 5.82 Å². The normalized spacial score (nSPS) is 11.8. The van der Waals surface area contributed by atoms with E-state index in [9.17, 15) is 0 Å². The highest BCUT2D eigenvalue weighted by Crippen LogP contribution is 2.26. The topological polar surface area (TPSA) is 69.6 Å². The van der Waals surface area contributed by atoms with E-state index >= 15 is 0 Å². The number of rotatable bonds is 1. The highest BCUT2D eigenvalue weighted by Gasteiger charge is 2.23. The molecule has 2 N–H and O–H groups in total. The van der Waals surface area contributed by atoms with Crippen LogP contribution in [0.1, 0.15) is 26.6 Å². The van der Waals surface area contributed by atoms with Gasteiger partial charge in [-0.3, -0.25) is 0 Å². The largest absolute Gasteiger partial charge is 0.397 e. The first-order valence-electron chi connectivity index (χ1n) is 5.24. The average Bonchev–Trinajstić information content (AvgIpc) is 2.69. The van der Waals surface area contributed by atoms with Crippen LogP contribution in [-0.4, -0.2) is 20.2 Å². The molecule has 0 saturated heterocycles. The molecule has 1 heterocycles. The molecular formula is C11H14ClN5. The summed E-state index contributed by atoms with van der Waals surface area (Å²) in [4.78, 5) is 0. The third-order valence-electron chi connectivity index (χ3n) is 2.36. The lowest BCUT2D eigenvalue weighted by Crippen LogP contribution is -2.19. The number of nitrogens with zero attached hydrogens (tertiary/aromatic N) is 4. The van der Waals surface area contributed by atoms with Gasteiger partial charge in [0.2, 0.25) is 0 Å². The van der Waals surface area contributed by atoms with Gasteiger partial charge in [-0.2, -0.15) is 4.68 Å². The van der Waals surface area contributed by atoms with Crippen LogP contribution in [0.15, 0.2) is 18.2 Å². The zero-order valence-electron chi connectivity index (χ0n) is 9.98. The van der Waals surface area contributed by atoms with Crippen molar-refractivity contribution in [1.29, 1.82) is 0 Å². The molecule has 6 heteroatoms. The molecule has 0 amide bonds. The van der Waals surface area contributed by atoms with Crippen molar-refractivity contribution in [3.05, 3.63) is 29.0 Å². The molecule has 17 heavy (non-hydrogen) atoms. The maximum atomic E-state index is 5.96. The van der Waals surface area contributed by atoms with Gasteiger partial charge in [0.25, 0.3) is 0 Å². The first-order valence-corrected chi connectivity index (χ1v) is 5.61. The lowest BCUT2D eigenvalue weighted by Gasteiger charge is -2.17. The van der Waals surface area contributed by atoms with E-state index in [2.05, 4.69) is 15.5 Å². The van der Waals surface area contributed by atoms with Crippen LogP contribution in [0.4, 0.5) is 5.69 Å². The molecule has 2 rings (SSSR count). The van der Waals surface area contributed by atoms with Crippen LogP contribution in [0.5, 0.6) is 0 Å². The Hall–Kier alpha value is -1.62. The Kier molecular flexibility index (Phi) is 2.79. The SMILES string of the molecule is CC(C)(C)c1nnnn1-c1cc(Cl)ccc1N. The molecule has 0 spiro atoms. The van der Waals surface area contributed by atoms with E-state index in [4.69, 9.17) is 17.3 Å². The Morgan fingerprint density at radius 1 is 1.29 bits per heavy atom. The van der Waals surface area contributed by atoms with Crippen molar-refractivity contribution in [3.8, 4) is 5.69 Å². The second-order valence-electron chi connectivity index (χ2n) is 4.87. The van der Waals surface area contributed by atoms with Crippen molar-refractivity contribution in [2.24, 2.45) is 0 Å². The Morgan fingerprint density at radius 3 is 2.65 bits per heavy atom. The van der Waals surface area contributed by atoms with E-state index in [0.29, 0.717) is 16.4 Å². The second-order valence-corrected chi connectivity index (χ2v) is 5.30. The van der Waals surface area contributed by atoms with Gasteiger partial charge >= 0.3 is 0 Å². The molecule has 0 aliphatic rings. The third kappa shape index (κ3) is 2.24. The summed E-state index contributed by atoms with van der Waals surface area (Å²) >= 11 is 5.96. The number of nitrogen functional groups attached to an aromatic ring is 1. The molecule has 0 radical (unpaired) electrons. The first kappa shape index (κ1) is 11.9. The van der Waals surface area contributed by atoms with Gasteiger partial charge < -0.3 is 5.73 Å². The summed E-state index contributed by atoms with van der Waals surface area (Å²) in [7, 11) is 0. The van der Waals surface area contributed by atoms with Crippen LogP contribution in [0, 0.1) is 0 Å². The minimum atomic E-state index is -0.168. The molecule has 1 aromatic carbocycles. The highest BCUT2D eigenvalue weighted by atomic mass is 35.5. The summed E-state index contributed by atoms with van der Waals surface area (Å²) in [6.07, 6.45) is 0. The van der Waals surface area contributed by atoms with Crippen molar-refractivity contribution in [1.82, 2.24) is 20.2 Å². The number of hydrogen-bond donors (Lipinski definition) is 1. The lowest BCUT2D eigenvalue weighted by atomic mass is 9.95. The predicted octanol–water partition coefficient (Wildman–Crippen LogP) is 2.20. The summed E-state index contributed by atoms with van der Waals surface area (Å²) in [6.45, 7) is 6.11. The van der Waals surface area contributed by atoms with Gasteiger partial charge in [-0.25, -0.2) is 0 Å². The van der Waals surface area contributed by atoms with Crippen LogP contribution in [-0.2, 0) is 5.41 Å². The van der Waals surface area contributed by atoms with Gasteiger partial charge in [-0.15, -0.1) is 5.10 Å². The smallest absolute Gasteiger partial charge is 0.162 e. The number of nitrogens with two attached hydrogens (primary N) is 1. The maximum Gasteiger partial charge on any atom is 0.162 e. The molecule has 5 nitrogen and oxygen atoms in total. The van der Waals surface area contributed by atoms with Gasteiger partial charge in [-0.1, -0.05) is 32.4 Å². The van der Waals surface area contributed by atoms with Crippen LogP contribution in [0.3, 0.4) is 0 Å². The van der Waals surface area contributed by atoms with Crippen LogP contribution in [0.25, 0.3) is 5.69 Å². The Labute approximate surface area is 105 Å². The Balaban J connectivity index is 2.61. The summed E-state index contributed by atoms with van der Waals surface area (Å²) in [5.41, 5.74) is 7.04. The van der Waals surface area contributed by atoms with Gasteiger partial charge in [0.15, 0.2) is 5.82 Å². The fourth-order valence-electron chi connectivity index (χ4n) is 1.52. The number of hydrogen-bond acceptors (Lipinski definition) is 4. The molecule has 1 aromatic heterocycles. The van der Waals surface area contributed by atoms with Crippen molar-refractivity contribution < 1.29 is 0 Å². The number of anilines is 1. The highest BCUT2D eigenvalue weighted by molar-refractivity contribution is 6.30. The molecule has 0 saturated carbocycles. The molecule has 0 fully saturated rings. The average molecular weight is 252 g/mol. The summed E-state index contributed by atoms with van der Waals surface area (Å²) in [6, 6.07) is 5.23. The number of tetrazole rings is 1. The monoisotopic (exact) mass is 251 g/mol. The van der Waals surface area contributed by atoms with E-state index in [-0.39, 0.29) is 5.41 Å². The summed E-state index contributed by atoms with van der Waals surface area (Å²) in [5.74, 6) is 0.742. The third-order valence-corrected chi connectivity index (χ3v) is 2.60. The molecule has 0 bridgehead atoms. The van der Waals surface area contributed by atoms with E-state index in [1.54, 1.807) is 22.9 Å². The van der Waals surface area contributed by atoms with E-state index in [1.807, 2.05) is 20.8 Å². The summed E-state index contributed by atoms with van der Waals surface area (Å²) < 4.78 is 1.63. The minimum Gasteiger partial charge on any atom is -0.397 e. The van der Waals surface area contributed by atoms with Gasteiger partial charge in [0, 0.05) is 10.4 Å². The molecule has 0 aliphatic heterocycles. The first-order chi connectivity index (χ1) is 7.89. The molecule has 90 valence electrons. The van der Waals surface area contributed by atoms with Gasteiger partial charge in [0.05, 0.1) is 11.4 Å². The molecule has 0 unspecified atom stereocenters. The fourth-order valence-corrected chi connectivity index (χ4v) is 1.68. The van der Waals surface area contributed by atoms with E-state index in [1.165, 1.54) is 0 Å². The fraction of sp³-hybridized carbons (Fsp3) is 0.364. The summed E-state index contributed by atoms with van der Waals surface area (Å²) in [5, 5.41) is 12.3. The molecule has 0 atom stereocenters. The lowest BCUT2D eigenvalue weighted by molar-refractivity contribution is 0.526. The van der Waals surface area contributed by atoms with Crippen LogP contribution in [0.2, 0.25) is 5.02 Å². The Morgan fingerprint density at radius 2 is 2.00 bits per heavy atom. The molecule has 0 aliphatic carbocycles. The number of halogens is 1. The predicted molar refractivity (Wildman–Crippen MR) is 67.3 cm³/mol. The van der Waals surface area contributed by atoms with Crippen molar-refractivity contribution in [3.63, 3.8) is 0 Å². The van der Waals surface area contributed by atoms with Gasteiger partial charge in [0.1, 0.15) is 0 Å². The molecule has 2 aromatic rings. The van der Waals surface area contributed by atoms with Gasteiger partial charge in [-0.05, 0) is 28.6 Å². The number of aromatic nitrogens is 4. The van der Waals surface area contributed by atoms with E-state index < -0.39 is 0 Å². The minimum absolute atomic E-state index is 0.168.